The maximum absolute atomic E-state index is 13.5. The van der Waals surface area contributed by atoms with Gasteiger partial charge in [0.1, 0.15) is 5.69 Å². The van der Waals surface area contributed by atoms with Crippen LogP contribution in [0.3, 0.4) is 0 Å². The second-order valence-electron chi connectivity index (χ2n) is 8.17. The van der Waals surface area contributed by atoms with Crippen molar-refractivity contribution in [2.75, 3.05) is 20.1 Å². The molecule has 0 fully saturated rings. The molecule has 7 nitrogen and oxygen atoms in total. The first kappa shape index (κ1) is 23.6. The van der Waals surface area contributed by atoms with Gasteiger partial charge >= 0.3 is 6.18 Å². The average molecular weight is 471 g/mol. The highest BCUT2D eigenvalue weighted by molar-refractivity contribution is 5.94. The predicted octanol–water partition coefficient (Wildman–Crippen LogP) is 3.55. The fourth-order valence-electron chi connectivity index (χ4n) is 4.05. The summed E-state index contributed by atoms with van der Waals surface area (Å²) in [4.78, 5) is 37.2. The van der Waals surface area contributed by atoms with Crippen LogP contribution < -0.4 is 10.9 Å². The van der Waals surface area contributed by atoms with Gasteiger partial charge in [-0.3, -0.25) is 19.5 Å². The van der Waals surface area contributed by atoms with Crippen molar-refractivity contribution >= 4 is 22.5 Å². The van der Waals surface area contributed by atoms with Gasteiger partial charge < -0.3 is 10.3 Å². The molecule has 1 amide bonds. The lowest BCUT2D eigenvalue weighted by Gasteiger charge is -2.26. The van der Waals surface area contributed by atoms with Gasteiger partial charge in [0.05, 0.1) is 16.6 Å². The number of carbonyl (C=O) groups excluding carboxylic acids is 1. The van der Waals surface area contributed by atoms with E-state index >= 15 is 0 Å². The van der Waals surface area contributed by atoms with Crippen molar-refractivity contribution < 1.29 is 18.0 Å². The smallest absolute Gasteiger partial charge is 0.354 e. The highest BCUT2D eigenvalue weighted by atomic mass is 19.4. The SMILES string of the molecule is CCc1cc2ncc(CN3CC=C(c4cnc(C(=O)NC)c(C(F)(F)F)c4)CC3)cc2[nH]c1=O. The number of H-pyrrole nitrogens is 1. The molecular formula is C24H24F3N5O2. The van der Waals surface area contributed by atoms with Crippen LogP contribution in [0.2, 0.25) is 0 Å². The summed E-state index contributed by atoms with van der Waals surface area (Å²) in [7, 11) is 1.27. The minimum Gasteiger partial charge on any atom is -0.354 e. The summed E-state index contributed by atoms with van der Waals surface area (Å²) in [5.41, 5.74) is 2.34. The van der Waals surface area contributed by atoms with Crippen LogP contribution >= 0.6 is 0 Å². The molecule has 2 N–H and O–H groups in total. The van der Waals surface area contributed by atoms with Crippen LogP contribution in [0.1, 0.15) is 46.1 Å². The molecule has 1 aliphatic heterocycles. The molecule has 0 saturated heterocycles. The molecule has 34 heavy (non-hydrogen) atoms. The van der Waals surface area contributed by atoms with Crippen LogP contribution in [-0.2, 0) is 19.1 Å². The summed E-state index contributed by atoms with van der Waals surface area (Å²) in [5, 5.41) is 2.19. The molecule has 1 aliphatic rings. The van der Waals surface area contributed by atoms with Crippen molar-refractivity contribution in [1.82, 2.24) is 25.2 Å². The Balaban J connectivity index is 1.51. The van der Waals surface area contributed by atoms with E-state index in [0.717, 1.165) is 22.7 Å². The zero-order valence-corrected chi connectivity index (χ0v) is 18.8. The summed E-state index contributed by atoms with van der Waals surface area (Å²) >= 11 is 0. The number of aryl methyl sites for hydroxylation is 1. The standard InChI is InChI=1S/C24H24F3N5O2/c1-3-15-10-19-20(31-22(15)33)8-14(11-29-19)13-32-6-4-16(5-7-32)17-9-18(24(25,26)27)21(30-12-17)23(34)28-2/h4,8-12H,3,5-7,13H2,1-2H3,(H,28,34)(H,31,33). The number of alkyl halides is 3. The van der Waals surface area contributed by atoms with Gasteiger partial charge in [-0.25, -0.2) is 4.98 Å². The molecule has 3 aromatic rings. The predicted molar refractivity (Wildman–Crippen MR) is 122 cm³/mol. The molecule has 0 saturated carbocycles. The zero-order valence-electron chi connectivity index (χ0n) is 18.8. The van der Waals surface area contributed by atoms with Crippen LogP contribution in [0.15, 0.2) is 41.5 Å². The molecular weight excluding hydrogens is 447 g/mol. The first-order valence-electron chi connectivity index (χ1n) is 10.9. The average Bonchev–Trinajstić information content (AvgIpc) is 2.82. The van der Waals surface area contributed by atoms with E-state index in [-0.39, 0.29) is 5.56 Å². The van der Waals surface area contributed by atoms with E-state index in [9.17, 15) is 22.8 Å². The largest absolute Gasteiger partial charge is 0.418 e. The van der Waals surface area contributed by atoms with E-state index in [2.05, 4.69) is 25.2 Å². The number of nitrogens with one attached hydrogen (secondary N) is 2. The third-order valence-corrected chi connectivity index (χ3v) is 5.91. The fourth-order valence-corrected chi connectivity index (χ4v) is 4.05. The third kappa shape index (κ3) is 4.86. The topological polar surface area (TPSA) is 91.0 Å². The quantitative estimate of drug-likeness (QED) is 0.594. The number of rotatable bonds is 5. The van der Waals surface area contributed by atoms with Crippen LogP contribution in [0, 0.1) is 0 Å². The zero-order chi connectivity index (χ0) is 24.5. The van der Waals surface area contributed by atoms with Gasteiger partial charge in [-0.15, -0.1) is 0 Å². The monoisotopic (exact) mass is 471 g/mol. The van der Waals surface area contributed by atoms with Crippen molar-refractivity contribution in [3.05, 3.63) is 75.0 Å². The number of amides is 1. The number of halogens is 3. The molecule has 4 heterocycles. The normalized spacial score (nSPS) is 14.8. The van der Waals surface area contributed by atoms with Crippen molar-refractivity contribution in [3.8, 4) is 0 Å². The summed E-state index contributed by atoms with van der Waals surface area (Å²) in [6, 6.07) is 4.69. The van der Waals surface area contributed by atoms with E-state index < -0.39 is 23.3 Å². The molecule has 0 bridgehead atoms. The number of hydrogen-bond donors (Lipinski definition) is 2. The lowest BCUT2D eigenvalue weighted by Crippen LogP contribution is -2.28. The summed E-state index contributed by atoms with van der Waals surface area (Å²) in [5.74, 6) is -0.876. The number of hydrogen-bond acceptors (Lipinski definition) is 5. The Morgan fingerprint density at radius 2 is 2.00 bits per heavy atom. The van der Waals surface area contributed by atoms with Crippen LogP contribution in [0.25, 0.3) is 16.6 Å². The number of fused-ring (bicyclic) bond motifs is 1. The van der Waals surface area contributed by atoms with Gasteiger partial charge in [0.25, 0.3) is 11.5 Å². The molecule has 0 aromatic carbocycles. The Bertz CT molecular complexity index is 1330. The molecule has 0 radical (unpaired) electrons. The number of aromatic nitrogens is 3. The van der Waals surface area contributed by atoms with Crippen molar-refractivity contribution in [1.29, 1.82) is 0 Å². The second-order valence-corrected chi connectivity index (χ2v) is 8.17. The third-order valence-electron chi connectivity index (χ3n) is 5.91. The van der Waals surface area contributed by atoms with E-state index in [0.29, 0.717) is 49.1 Å². The lowest BCUT2D eigenvalue weighted by molar-refractivity contribution is -0.138. The number of pyridine rings is 3. The van der Waals surface area contributed by atoms with Gasteiger partial charge in [-0.1, -0.05) is 13.0 Å². The van der Waals surface area contributed by atoms with Crippen LogP contribution in [0.5, 0.6) is 0 Å². The first-order chi connectivity index (χ1) is 16.2. The Kier molecular flexibility index (Phi) is 6.52. The van der Waals surface area contributed by atoms with Gasteiger partial charge in [-0.05, 0) is 47.7 Å². The molecule has 0 unspecified atom stereocenters. The maximum atomic E-state index is 13.5. The second kappa shape index (κ2) is 9.38. The summed E-state index contributed by atoms with van der Waals surface area (Å²) in [6.07, 6.45) is 1.45. The molecule has 0 atom stereocenters. The Morgan fingerprint density at radius 3 is 2.65 bits per heavy atom. The highest BCUT2D eigenvalue weighted by Gasteiger charge is 2.36. The molecule has 178 valence electrons. The molecule has 0 aliphatic carbocycles. The molecule has 3 aromatic heterocycles. The van der Waals surface area contributed by atoms with E-state index in [1.807, 2.05) is 19.1 Å². The molecule has 4 rings (SSSR count). The number of nitrogens with zero attached hydrogens (tertiary/aromatic N) is 3. The van der Waals surface area contributed by atoms with Crippen molar-refractivity contribution in [2.45, 2.75) is 32.5 Å². The van der Waals surface area contributed by atoms with Crippen molar-refractivity contribution in [3.63, 3.8) is 0 Å². The minimum atomic E-state index is -4.69. The number of aromatic amines is 1. The van der Waals surface area contributed by atoms with E-state index in [4.69, 9.17) is 0 Å². The molecule has 0 spiro atoms. The van der Waals surface area contributed by atoms with Gasteiger partial charge in [-0.2, -0.15) is 13.2 Å². The summed E-state index contributed by atoms with van der Waals surface area (Å²) in [6.45, 7) is 3.68. The maximum Gasteiger partial charge on any atom is 0.418 e. The Hall–Kier alpha value is -3.53. The fraction of sp³-hybridized carbons (Fsp3) is 0.333. The van der Waals surface area contributed by atoms with E-state index in [1.165, 1.54) is 13.2 Å². The first-order valence-corrected chi connectivity index (χ1v) is 10.9. The summed E-state index contributed by atoms with van der Waals surface area (Å²) < 4.78 is 40.5. The Labute approximate surface area is 193 Å². The van der Waals surface area contributed by atoms with Gasteiger partial charge in [0.15, 0.2) is 0 Å². The number of carbonyl (C=O) groups is 1. The lowest BCUT2D eigenvalue weighted by atomic mass is 9.98. The molecule has 10 heteroatoms. The van der Waals surface area contributed by atoms with E-state index in [1.54, 1.807) is 12.3 Å². The van der Waals surface area contributed by atoms with Crippen LogP contribution in [0.4, 0.5) is 13.2 Å². The Morgan fingerprint density at radius 1 is 1.21 bits per heavy atom. The highest BCUT2D eigenvalue weighted by Crippen LogP contribution is 2.34. The minimum absolute atomic E-state index is 0.117. The van der Waals surface area contributed by atoms with Gasteiger partial charge in [0, 0.05) is 44.6 Å². The van der Waals surface area contributed by atoms with Gasteiger partial charge in [0.2, 0.25) is 0 Å². The van der Waals surface area contributed by atoms with Crippen molar-refractivity contribution in [2.24, 2.45) is 0 Å². The van der Waals surface area contributed by atoms with Crippen LogP contribution in [-0.4, -0.2) is 45.9 Å².